The van der Waals surface area contributed by atoms with Crippen molar-refractivity contribution in [2.24, 2.45) is 0 Å². The molecule has 11 rings (SSSR count). The summed E-state index contributed by atoms with van der Waals surface area (Å²) < 4.78 is 5.87. The second-order valence-electron chi connectivity index (χ2n) is 18.9. The van der Waals surface area contributed by atoms with Gasteiger partial charge in [-0.15, -0.1) is 0 Å². The number of hydrogen-bond acceptors (Lipinski definition) is 10. The Kier molecular flexibility index (Phi) is 11.4. The highest BCUT2D eigenvalue weighted by atomic mass is 16.5. The van der Waals surface area contributed by atoms with Crippen molar-refractivity contribution in [2.45, 2.75) is 41.5 Å². The number of benzene rings is 7. The lowest BCUT2D eigenvalue weighted by molar-refractivity contribution is 0.0678. The highest BCUT2D eigenvalue weighted by Gasteiger charge is 2.41. The topological polar surface area (TPSA) is 196 Å². The van der Waals surface area contributed by atoms with Gasteiger partial charge in [-0.25, -0.2) is 14.6 Å². The molecule has 0 radical (unpaired) electrons. The molecule has 8 amide bonds. The van der Waals surface area contributed by atoms with E-state index >= 15 is 0 Å². The number of hydrogen-bond donors (Lipinski definition) is 1. The van der Waals surface area contributed by atoms with Crippen molar-refractivity contribution >= 4 is 64.6 Å². The summed E-state index contributed by atoms with van der Waals surface area (Å²) in [5, 5.41) is 9.39. The van der Waals surface area contributed by atoms with E-state index in [-0.39, 0.29) is 40.1 Å². The molecule has 0 saturated carbocycles. The number of nitrogens with zero attached hydrogens (tertiary/aromatic N) is 4. The van der Waals surface area contributed by atoms with Crippen LogP contribution in [0.5, 0.6) is 11.5 Å². The first-order valence-corrected chi connectivity index (χ1v) is 23.3. The van der Waals surface area contributed by atoms with Gasteiger partial charge in [-0.1, -0.05) is 17.7 Å². The molecule has 4 aliphatic rings. The van der Waals surface area contributed by atoms with Gasteiger partial charge >= 0.3 is 5.97 Å². The van der Waals surface area contributed by atoms with Crippen LogP contribution in [0.4, 0.5) is 11.4 Å². The number of imide groups is 4. The minimum Gasteiger partial charge on any atom is -0.478 e. The first-order valence-electron chi connectivity index (χ1n) is 23.3. The van der Waals surface area contributed by atoms with E-state index < -0.39 is 35.5 Å². The Labute approximate surface area is 423 Å². The van der Waals surface area contributed by atoms with Crippen LogP contribution in [-0.4, -0.2) is 82.2 Å². The Bertz CT molecular complexity index is 3780. The molecular weight excluding hydrogens is 941 g/mol. The van der Waals surface area contributed by atoms with E-state index in [1.807, 2.05) is 52.0 Å². The van der Waals surface area contributed by atoms with Crippen LogP contribution in [0.3, 0.4) is 0 Å². The molecule has 7 aromatic carbocycles. The summed E-state index contributed by atoms with van der Waals surface area (Å²) in [6.07, 6.45) is 0. The molecule has 0 bridgehead atoms. The van der Waals surface area contributed by atoms with E-state index in [9.17, 15) is 48.3 Å². The van der Waals surface area contributed by atoms with Gasteiger partial charge in [-0.05, 0) is 195 Å². The SMILES string of the molecule is Cc1cc(C(=O)O)cc(N2C(=O)c3cc(C)c(-c4cc5c(cc4C)C(=O)N(C)C5=O)cc3C2=O)c1.Cc1ccc(Oc2ccc(N3C(=O)c4cc(C)c(-c5cc6c(cc5C)C(=O)N(C)C6=O)cc4C3=O)cc2)cc1. The second kappa shape index (κ2) is 17.6. The Morgan fingerprint density at radius 1 is 0.351 bits per heavy atom. The van der Waals surface area contributed by atoms with Gasteiger partial charge in [0.1, 0.15) is 11.5 Å². The lowest BCUT2D eigenvalue weighted by atomic mass is 9.90. The first-order chi connectivity index (χ1) is 35.1. The Hall–Kier alpha value is -9.63. The summed E-state index contributed by atoms with van der Waals surface area (Å²) in [7, 11) is 2.89. The van der Waals surface area contributed by atoms with E-state index in [2.05, 4.69) is 0 Å². The van der Waals surface area contributed by atoms with Crippen molar-refractivity contribution in [2.75, 3.05) is 23.9 Å². The number of aromatic carboxylic acids is 1. The molecule has 4 aliphatic heterocycles. The van der Waals surface area contributed by atoms with Gasteiger partial charge in [0.2, 0.25) is 0 Å². The zero-order valence-corrected chi connectivity index (χ0v) is 41.3. The molecule has 15 heteroatoms. The summed E-state index contributed by atoms with van der Waals surface area (Å²) in [6, 6.07) is 32.2. The number of fused-ring (bicyclic) bond motifs is 4. The van der Waals surface area contributed by atoms with Crippen molar-refractivity contribution in [1.82, 2.24) is 9.80 Å². The van der Waals surface area contributed by atoms with Gasteiger partial charge in [0, 0.05) is 14.1 Å². The molecule has 4 heterocycles. The fourth-order valence-electron chi connectivity index (χ4n) is 9.87. The molecule has 0 spiro atoms. The molecule has 1 N–H and O–H groups in total. The van der Waals surface area contributed by atoms with Crippen molar-refractivity contribution in [1.29, 1.82) is 0 Å². The third-order valence-corrected chi connectivity index (χ3v) is 13.8. The molecule has 74 heavy (non-hydrogen) atoms. The number of carboxylic acid groups (broad SMARTS) is 1. The second-order valence-corrected chi connectivity index (χ2v) is 18.9. The molecule has 0 atom stereocenters. The summed E-state index contributed by atoms with van der Waals surface area (Å²) >= 11 is 0. The van der Waals surface area contributed by atoms with Gasteiger partial charge in [-0.2, -0.15) is 0 Å². The maximum Gasteiger partial charge on any atom is 0.335 e. The van der Waals surface area contributed by atoms with Crippen LogP contribution in [0.25, 0.3) is 22.3 Å². The van der Waals surface area contributed by atoms with Crippen LogP contribution in [-0.2, 0) is 0 Å². The third-order valence-electron chi connectivity index (χ3n) is 13.8. The average molecular weight is 985 g/mol. The van der Waals surface area contributed by atoms with E-state index in [1.54, 1.807) is 92.7 Å². The van der Waals surface area contributed by atoms with Crippen molar-refractivity contribution < 1.29 is 53.0 Å². The van der Waals surface area contributed by atoms with Crippen LogP contribution < -0.4 is 14.5 Å². The average Bonchev–Trinajstić information content (AvgIpc) is 3.92. The number of aryl methyl sites for hydroxylation is 6. The zero-order chi connectivity index (χ0) is 52.9. The normalized spacial score (nSPS) is 14.4. The number of carbonyl (C=O) groups excluding carboxylic acids is 8. The molecule has 0 fully saturated rings. The van der Waals surface area contributed by atoms with Gasteiger partial charge in [0.15, 0.2) is 0 Å². The highest BCUT2D eigenvalue weighted by Crippen LogP contribution is 2.40. The minimum atomic E-state index is -1.16. The first kappa shape index (κ1) is 48.0. The molecular formula is C59H44N4O11. The van der Waals surface area contributed by atoms with E-state index in [0.29, 0.717) is 67.3 Å². The minimum absolute atomic E-state index is 0.0219. The van der Waals surface area contributed by atoms with Crippen molar-refractivity contribution in [3.05, 3.63) is 199 Å². The monoisotopic (exact) mass is 984 g/mol. The summed E-state index contributed by atoms with van der Waals surface area (Å²) in [5.74, 6) is -3.23. The maximum absolute atomic E-state index is 13.5. The molecule has 0 aromatic heterocycles. The Morgan fingerprint density at radius 2 is 0.662 bits per heavy atom. The molecule has 15 nitrogen and oxygen atoms in total. The predicted octanol–water partition coefficient (Wildman–Crippen LogP) is 10.1. The predicted molar refractivity (Wildman–Crippen MR) is 274 cm³/mol. The molecule has 366 valence electrons. The summed E-state index contributed by atoms with van der Waals surface area (Å²) in [4.78, 5) is 119. The largest absolute Gasteiger partial charge is 0.478 e. The van der Waals surface area contributed by atoms with E-state index in [4.69, 9.17) is 4.74 Å². The van der Waals surface area contributed by atoms with Crippen LogP contribution in [0, 0.1) is 41.5 Å². The van der Waals surface area contributed by atoms with Gasteiger partial charge in [-0.3, -0.25) is 48.2 Å². The van der Waals surface area contributed by atoms with Gasteiger partial charge in [0.05, 0.1) is 61.4 Å². The standard InChI is InChI=1S/C32H24N2O5.C27H20N2O6/c1-17-5-9-21(10-6-17)39-22-11-7-20(8-12-22)34-31(37)26-14-19(3)24(16-28(26)32(34)38)23-15-27-25(13-18(23)2)29(35)33(4)30(27)36;1-12-5-15(27(34)35)9-16(6-12)29-25(32)20-8-14(3)18(11-22(20)26(29)33)17-10-21-19(7-13(17)2)23(30)28(4)24(21)31/h5-16H,1-4H3;5-11H,1-4H3,(H,34,35). The fraction of sp³-hybridized carbons (Fsp3) is 0.136. The summed E-state index contributed by atoms with van der Waals surface area (Å²) in [6.45, 7) is 11.0. The smallest absolute Gasteiger partial charge is 0.335 e. The van der Waals surface area contributed by atoms with Gasteiger partial charge in [0.25, 0.3) is 47.3 Å². The lowest BCUT2D eigenvalue weighted by Crippen LogP contribution is -2.29. The van der Waals surface area contributed by atoms with Crippen LogP contribution in [0.2, 0.25) is 0 Å². The van der Waals surface area contributed by atoms with Crippen molar-refractivity contribution in [3.63, 3.8) is 0 Å². The maximum atomic E-state index is 13.5. The number of carboxylic acids is 1. The van der Waals surface area contributed by atoms with E-state index in [1.165, 1.54) is 26.2 Å². The fourth-order valence-corrected chi connectivity index (χ4v) is 9.87. The van der Waals surface area contributed by atoms with E-state index in [0.717, 1.165) is 58.5 Å². The zero-order valence-electron chi connectivity index (χ0n) is 41.3. The quantitative estimate of drug-likeness (QED) is 0.149. The van der Waals surface area contributed by atoms with Crippen molar-refractivity contribution in [3.8, 4) is 33.8 Å². The number of anilines is 2. The number of rotatable bonds is 7. The number of carbonyl (C=O) groups is 9. The van der Waals surface area contributed by atoms with Crippen LogP contribution in [0.1, 0.15) is 127 Å². The Balaban J connectivity index is 0.000000170. The molecule has 7 aromatic rings. The molecule has 0 aliphatic carbocycles. The Morgan fingerprint density at radius 3 is 1.03 bits per heavy atom. The number of amides is 8. The van der Waals surface area contributed by atoms with Crippen LogP contribution >= 0.6 is 0 Å². The van der Waals surface area contributed by atoms with Crippen LogP contribution in [0.15, 0.2) is 115 Å². The lowest BCUT2D eigenvalue weighted by Gasteiger charge is -2.15. The highest BCUT2D eigenvalue weighted by molar-refractivity contribution is 6.36. The van der Waals surface area contributed by atoms with Gasteiger partial charge < -0.3 is 9.84 Å². The molecule has 0 saturated heterocycles. The molecule has 0 unspecified atom stereocenters. The number of ether oxygens (including phenoxy) is 1. The third kappa shape index (κ3) is 7.73. The summed E-state index contributed by atoms with van der Waals surface area (Å²) in [5.41, 5.74) is 10.6.